The maximum Gasteiger partial charge on any atom is 0.244 e. The topological polar surface area (TPSA) is 59.5 Å². The Bertz CT molecular complexity index is 800. The van der Waals surface area contributed by atoms with Crippen LogP contribution < -0.4 is 0 Å². The lowest BCUT2D eigenvalue weighted by molar-refractivity contribution is 0.0730. The van der Waals surface area contributed by atoms with Crippen molar-refractivity contribution in [2.75, 3.05) is 32.1 Å². The van der Waals surface area contributed by atoms with Crippen molar-refractivity contribution in [3.8, 4) is 0 Å². The average Bonchev–Trinajstić information content (AvgIpc) is 2.67. The molecule has 0 saturated carbocycles. The monoisotopic (exact) mass is 376 g/mol. The zero-order valence-corrected chi connectivity index (χ0v) is 15.4. The fraction of sp³-hybridized carbons (Fsp3) is 0.278. The van der Waals surface area contributed by atoms with Gasteiger partial charge in [0.2, 0.25) is 10.0 Å². The van der Waals surface area contributed by atoms with Gasteiger partial charge in [0.15, 0.2) is 0 Å². The number of pyridine rings is 1. The van der Waals surface area contributed by atoms with Crippen LogP contribution in [0.5, 0.6) is 0 Å². The number of ether oxygens (including phenoxy) is 1. The molecule has 1 aliphatic rings. The number of morpholine rings is 1. The van der Waals surface area contributed by atoms with E-state index in [4.69, 9.17) is 4.74 Å². The molecule has 0 spiro atoms. The Morgan fingerprint density at radius 2 is 1.88 bits per heavy atom. The number of aromatic nitrogens is 1. The van der Waals surface area contributed by atoms with Crippen LogP contribution in [0.4, 0.5) is 0 Å². The number of sulfonamides is 1. The highest BCUT2D eigenvalue weighted by Gasteiger charge is 2.26. The van der Waals surface area contributed by atoms with E-state index in [-0.39, 0.29) is 4.90 Å². The maximum absolute atomic E-state index is 12.5. The number of rotatable bonds is 6. The summed E-state index contributed by atoms with van der Waals surface area (Å²) in [6.07, 6.45) is 5.57. The summed E-state index contributed by atoms with van der Waals surface area (Å²) in [6, 6.07) is 13.5. The van der Waals surface area contributed by atoms with Gasteiger partial charge in [-0.25, -0.2) is 13.4 Å². The Morgan fingerprint density at radius 1 is 1.12 bits per heavy atom. The first-order valence-electron chi connectivity index (χ1n) is 8.04. The molecule has 5 nitrogen and oxygen atoms in total. The summed E-state index contributed by atoms with van der Waals surface area (Å²) in [5.74, 6) is 0.775. The van der Waals surface area contributed by atoms with E-state index in [9.17, 15) is 8.42 Å². The third-order valence-electron chi connectivity index (χ3n) is 3.75. The highest BCUT2D eigenvalue weighted by atomic mass is 32.2. The molecule has 0 bridgehead atoms. The summed E-state index contributed by atoms with van der Waals surface area (Å²) in [6.45, 7) is 1.66. The molecule has 2 heterocycles. The van der Waals surface area contributed by atoms with E-state index in [1.54, 1.807) is 23.9 Å². The van der Waals surface area contributed by atoms with Crippen molar-refractivity contribution in [1.29, 1.82) is 0 Å². The molecule has 0 radical (unpaired) electrons. The fourth-order valence-corrected chi connectivity index (χ4v) is 4.43. The van der Waals surface area contributed by atoms with Crippen LogP contribution >= 0.6 is 11.8 Å². The molecule has 0 atom stereocenters. The van der Waals surface area contributed by atoms with Gasteiger partial charge in [-0.3, -0.25) is 0 Å². The number of hydrogen-bond donors (Lipinski definition) is 0. The molecule has 2 aromatic rings. The van der Waals surface area contributed by atoms with Gasteiger partial charge in [0.05, 0.1) is 18.2 Å². The minimum Gasteiger partial charge on any atom is -0.379 e. The van der Waals surface area contributed by atoms with Crippen LogP contribution in [-0.2, 0) is 14.8 Å². The SMILES string of the molecule is O=S(=O)(c1ccc(SCC=Cc2ccccc2)nc1)N1CCOCC1. The Kier molecular flexibility index (Phi) is 6.25. The summed E-state index contributed by atoms with van der Waals surface area (Å²) in [4.78, 5) is 4.51. The van der Waals surface area contributed by atoms with Crippen molar-refractivity contribution in [2.45, 2.75) is 9.92 Å². The lowest BCUT2D eigenvalue weighted by Gasteiger charge is -2.25. The van der Waals surface area contributed by atoms with Gasteiger partial charge < -0.3 is 4.74 Å². The van der Waals surface area contributed by atoms with E-state index < -0.39 is 10.0 Å². The largest absolute Gasteiger partial charge is 0.379 e. The van der Waals surface area contributed by atoms with E-state index >= 15 is 0 Å². The molecule has 0 amide bonds. The van der Waals surface area contributed by atoms with Crippen LogP contribution in [0.2, 0.25) is 0 Å². The van der Waals surface area contributed by atoms with Gasteiger partial charge >= 0.3 is 0 Å². The standard InChI is InChI=1S/C18H20N2O3S2/c21-25(22,20-10-12-23-13-11-20)17-8-9-18(19-15-17)24-14-4-7-16-5-2-1-3-6-16/h1-9,15H,10-14H2. The summed E-state index contributed by atoms with van der Waals surface area (Å²) in [5.41, 5.74) is 1.16. The second kappa shape index (κ2) is 8.62. The smallest absolute Gasteiger partial charge is 0.244 e. The Labute approximate surface area is 152 Å². The van der Waals surface area contributed by atoms with Crippen LogP contribution in [0.1, 0.15) is 5.56 Å². The first kappa shape index (κ1) is 18.1. The molecule has 25 heavy (non-hydrogen) atoms. The molecule has 3 rings (SSSR count). The molecule has 1 aliphatic heterocycles. The van der Waals surface area contributed by atoms with E-state index in [1.165, 1.54) is 10.5 Å². The summed E-state index contributed by atoms with van der Waals surface area (Å²) in [7, 11) is -3.47. The van der Waals surface area contributed by atoms with Crippen molar-refractivity contribution >= 4 is 27.9 Å². The van der Waals surface area contributed by atoms with E-state index in [0.29, 0.717) is 26.3 Å². The Hall–Kier alpha value is -1.67. The van der Waals surface area contributed by atoms with Gasteiger partial charge in [-0.15, -0.1) is 11.8 Å². The first-order valence-corrected chi connectivity index (χ1v) is 10.5. The second-order valence-corrected chi connectivity index (χ2v) is 8.45. The molecular formula is C18H20N2O3S2. The van der Waals surface area contributed by atoms with Crippen LogP contribution in [-0.4, -0.2) is 49.8 Å². The molecule has 1 aromatic carbocycles. The lowest BCUT2D eigenvalue weighted by Crippen LogP contribution is -2.40. The molecular weight excluding hydrogens is 356 g/mol. The highest BCUT2D eigenvalue weighted by Crippen LogP contribution is 2.20. The molecule has 1 saturated heterocycles. The predicted molar refractivity (Wildman–Crippen MR) is 100 cm³/mol. The number of benzene rings is 1. The van der Waals surface area contributed by atoms with Crippen LogP contribution in [0.3, 0.4) is 0 Å². The molecule has 1 fully saturated rings. The minimum atomic E-state index is -3.47. The second-order valence-electron chi connectivity index (χ2n) is 5.47. The minimum absolute atomic E-state index is 0.235. The maximum atomic E-state index is 12.5. The van der Waals surface area contributed by atoms with Crippen LogP contribution in [0.25, 0.3) is 6.08 Å². The molecule has 132 valence electrons. The van der Waals surface area contributed by atoms with Gasteiger partial charge in [0, 0.05) is 25.0 Å². The van der Waals surface area contributed by atoms with Crippen LogP contribution in [0.15, 0.2) is 64.7 Å². The summed E-state index contributed by atoms with van der Waals surface area (Å²) < 4.78 is 31.7. The number of thioether (sulfide) groups is 1. The van der Waals surface area contributed by atoms with Gasteiger partial charge in [-0.2, -0.15) is 4.31 Å². The highest BCUT2D eigenvalue weighted by molar-refractivity contribution is 7.99. The average molecular weight is 377 g/mol. The molecule has 0 unspecified atom stereocenters. The van der Waals surface area contributed by atoms with Crippen molar-refractivity contribution in [1.82, 2.24) is 9.29 Å². The van der Waals surface area contributed by atoms with Gasteiger partial charge in [0.1, 0.15) is 4.90 Å². The molecule has 0 N–H and O–H groups in total. The Morgan fingerprint density at radius 3 is 2.56 bits per heavy atom. The van der Waals surface area contributed by atoms with Gasteiger partial charge in [-0.1, -0.05) is 42.5 Å². The number of nitrogens with zero attached hydrogens (tertiary/aromatic N) is 2. The normalized spacial score (nSPS) is 16.3. The van der Waals surface area contributed by atoms with E-state index in [2.05, 4.69) is 17.1 Å². The van der Waals surface area contributed by atoms with Crippen molar-refractivity contribution in [3.05, 3.63) is 60.3 Å². The number of hydrogen-bond acceptors (Lipinski definition) is 5. The third-order valence-corrected chi connectivity index (χ3v) is 6.53. The van der Waals surface area contributed by atoms with Gasteiger partial charge in [-0.05, 0) is 17.7 Å². The summed E-state index contributed by atoms with van der Waals surface area (Å²) in [5, 5.41) is 0.804. The lowest BCUT2D eigenvalue weighted by atomic mass is 10.2. The van der Waals surface area contributed by atoms with Crippen LogP contribution in [0, 0.1) is 0 Å². The predicted octanol–water partition coefficient (Wildman–Crippen LogP) is 2.91. The summed E-state index contributed by atoms with van der Waals surface area (Å²) >= 11 is 1.57. The van der Waals surface area contributed by atoms with Crippen molar-refractivity contribution in [3.63, 3.8) is 0 Å². The first-order chi connectivity index (χ1) is 12.2. The van der Waals surface area contributed by atoms with Crippen molar-refractivity contribution in [2.24, 2.45) is 0 Å². The van der Waals surface area contributed by atoms with Gasteiger partial charge in [0.25, 0.3) is 0 Å². The Balaban J connectivity index is 1.57. The molecule has 1 aromatic heterocycles. The zero-order valence-electron chi connectivity index (χ0n) is 13.7. The van der Waals surface area contributed by atoms with E-state index in [1.807, 2.05) is 30.3 Å². The third kappa shape index (κ3) is 4.92. The quantitative estimate of drug-likeness (QED) is 0.726. The molecule has 7 heteroatoms. The fourth-order valence-electron chi connectivity index (χ4n) is 2.42. The van der Waals surface area contributed by atoms with Crippen molar-refractivity contribution < 1.29 is 13.2 Å². The van der Waals surface area contributed by atoms with E-state index in [0.717, 1.165) is 16.3 Å². The molecule has 0 aliphatic carbocycles. The zero-order chi connectivity index (χ0) is 17.5.